The van der Waals surface area contributed by atoms with Crippen molar-refractivity contribution in [3.8, 4) is 0 Å². The van der Waals surface area contributed by atoms with Crippen molar-refractivity contribution >= 4 is 22.5 Å². The average Bonchev–Trinajstić information content (AvgIpc) is 3.13. The van der Waals surface area contributed by atoms with Crippen LogP contribution in [0.1, 0.15) is 41.3 Å². The number of fused-ring (bicyclic) bond motifs is 2. The summed E-state index contributed by atoms with van der Waals surface area (Å²) in [6, 6.07) is 14.7. The minimum Gasteiger partial charge on any atom is -0.351 e. The maximum atomic E-state index is 12.9. The van der Waals surface area contributed by atoms with Gasteiger partial charge in [-0.1, -0.05) is 25.5 Å². The molecule has 0 aliphatic carbocycles. The molecule has 24 heavy (non-hydrogen) atoms. The molecule has 3 nitrogen and oxygen atoms in total. The zero-order chi connectivity index (χ0) is 16.7. The van der Waals surface area contributed by atoms with Crippen LogP contribution in [0, 0.1) is 0 Å². The van der Waals surface area contributed by atoms with Gasteiger partial charge in [0.05, 0.1) is 6.54 Å². The van der Waals surface area contributed by atoms with Gasteiger partial charge in [-0.3, -0.25) is 4.79 Å². The standard InChI is InChI=1S/C21H22N2O/c1-3-4-5-15-6-7-17-14-23(21(24)19(17)12-15)18-8-9-20-16(13-18)10-11-22(20)2/h6-13H,3-5,14H2,1-2H3. The van der Waals surface area contributed by atoms with E-state index in [1.54, 1.807) is 0 Å². The normalized spacial score (nSPS) is 13.8. The molecule has 0 N–H and O–H groups in total. The van der Waals surface area contributed by atoms with E-state index in [9.17, 15) is 4.79 Å². The van der Waals surface area contributed by atoms with Crippen molar-refractivity contribution in [1.29, 1.82) is 0 Å². The van der Waals surface area contributed by atoms with Crippen molar-refractivity contribution in [3.63, 3.8) is 0 Å². The molecule has 0 saturated heterocycles. The minimum atomic E-state index is 0.124. The molecule has 0 atom stereocenters. The van der Waals surface area contributed by atoms with Crippen LogP contribution in [0.4, 0.5) is 5.69 Å². The number of carbonyl (C=O) groups is 1. The number of carbonyl (C=O) groups excluding carboxylic acids is 1. The third-order valence-corrected chi connectivity index (χ3v) is 4.98. The summed E-state index contributed by atoms with van der Waals surface area (Å²) >= 11 is 0. The smallest absolute Gasteiger partial charge is 0.258 e. The van der Waals surface area contributed by atoms with Crippen LogP contribution in [0.15, 0.2) is 48.7 Å². The van der Waals surface area contributed by atoms with Gasteiger partial charge in [-0.25, -0.2) is 0 Å². The lowest BCUT2D eigenvalue weighted by Crippen LogP contribution is -2.22. The Kier molecular flexibility index (Phi) is 3.64. The zero-order valence-electron chi connectivity index (χ0n) is 14.2. The number of amides is 1. The van der Waals surface area contributed by atoms with E-state index in [0.29, 0.717) is 6.54 Å². The molecule has 2 aromatic carbocycles. The first-order valence-electron chi connectivity index (χ1n) is 8.66. The third kappa shape index (κ3) is 2.41. The summed E-state index contributed by atoms with van der Waals surface area (Å²) in [6.07, 6.45) is 5.44. The second-order valence-corrected chi connectivity index (χ2v) is 6.66. The van der Waals surface area contributed by atoms with Crippen LogP contribution in [0.25, 0.3) is 10.9 Å². The summed E-state index contributed by atoms with van der Waals surface area (Å²) in [6.45, 7) is 2.86. The first kappa shape index (κ1) is 15.0. The molecule has 1 aliphatic heterocycles. The van der Waals surface area contributed by atoms with Crippen LogP contribution < -0.4 is 4.90 Å². The Bertz CT molecular complexity index is 923. The maximum Gasteiger partial charge on any atom is 0.258 e. The summed E-state index contributed by atoms with van der Waals surface area (Å²) in [7, 11) is 2.04. The predicted molar refractivity (Wildman–Crippen MR) is 98.5 cm³/mol. The lowest BCUT2D eigenvalue weighted by molar-refractivity contribution is 0.0996. The number of unbranched alkanes of at least 4 members (excludes halogenated alkanes) is 1. The molecule has 2 heterocycles. The molecule has 0 fully saturated rings. The van der Waals surface area contributed by atoms with E-state index >= 15 is 0 Å². The Morgan fingerprint density at radius 1 is 1.08 bits per heavy atom. The Morgan fingerprint density at radius 3 is 2.79 bits per heavy atom. The first-order chi connectivity index (χ1) is 11.7. The molecule has 3 aromatic rings. The van der Waals surface area contributed by atoms with Gasteiger partial charge in [0.15, 0.2) is 0 Å². The van der Waals surface area contributed by atoms with E-state index in [0.717, 1.165) is 23.2 Å². The number of benzene rings is 2. The highest BCUT2D eigenvalue weighted by molar-refractivity contribution is 6.10. The van der Waals surface area contributed by atoms with E-state index in [1.165, 1.54) is 29.3 Å². The average molecular weight is 318 g/mol. The van der Waals surface area contributed by atoms with Gasteiger partial charge in [-0.2, -0.15) is 0 Å². The monoisotopic (exact) mass is 318 g/mol. The molecule has 0 unspecified atom stereocenters. The Morgan fingerprint density at radius 2 is 1.96 bits per heavy atom. The number of aromatic nitrogens is 1. The quantitative estimate of drug-likeness (QED) is 0.685. The summed E-state index contributed by atoms with van der Waals surface area (Å²) in [5, 5.41) is 1.17. The molecule has 0 spiro atoms. The summed E-state index contributed by atoms with van der Waals surface area (Å²) in [5.41, 5.74) is 5.43. The number of hydrogen-bond donors (Lipinski definition) is 0. The molecule has 3 heteroatoms. The van der Waals surface area contributed by atoms with Crippen LogP contribution in [0.5, 0.6) is 0 Å². The van der Waals surface area contributed by atoms with Gasteiger partial charge in [0.2, 0.25) is 0 Å². The van der Waals surface area contributed by atoms with Crippen LogP contribution in [0.3, 0.4) is 0 Å². The topological polar surface area (TPSA) is 25.2 Å². The van der Waals surface area contributed by atoms with Gasteiger partial charge >= 0.3 is 0 Å². The largest absolute Gasteiger partial charge is 0.351 e. The number of aryl methyl sites for hydroxylation is 2. The van der Waals surface area contributed by atoms with E-state index in [4.69, 9.17) is 0 Å². The van der Waals surface area contributed by atoms with Crippen molar-refractivity contribution in [2.24, 2.45) is 7.05 Å². The fourth-order valence-electron chi connectivity index (χ4n) is 3.53. The minimum absolute atomic E-state index is 0.124. The maximum absolute atomic E-state index is 12.9. The Hall–Kier alpha value is -2.55. The molecule has 1 amide bonds. The zero-order valence-corrected chi connectivity index (χ0v) is 14.2. The molecule has 1 aliphatic rings. The van der Waals surface area contributed by atoms with E-state index in [1.807, 2.05) is 18.0 Å². The Balaban J connectivity index is 1.66. The second kappa shape index (κ2) is 5.82. The van der Waals surface area contributed by atoms with E-state index in [2.05, 4.69) is 54.1 Å². The third-order valence-electron chi connectivity index (χ3n) is 4.98. The Labute approximate surface area is 142 Å². The van der Waals surface area contributed by atoms with E-state index in [-0.39, 0.29) is 5.91 Å². The van der Waals surface area contributed by atoms with Crippen LogP contribution in [0.2, 0.25) is 0 Å². The van der Waals surface area contributed by atoms with Crippen molar-refractivity contribution in [1.82, 2.24) is 4.57 Å². The lowest BCUT2D eigenvalue weighted by atomic mass is 10.0. The fourth-order valence-corrected chi connectivity index (χ4v) is 3.53. The summed E-state index contributed by atoms with van der Waals surface area (Å²) in [4.78, 5) is 14.8. The van der Waals surface area contributed by atoms with Crippen molar-refractivity contribution in [3.05, 3.63) is 65.4 Å². The molecule has 1 aromatic heterocycles. The molecule has 122 valence electrons. The summed E-state index contributed by atoms with van der Waals surface area (Å²) in [5.74, 6) is 0.124. The van der Waals surface area contributed by atoms with Gasteiger partial charge in [0.25, 0.3) is 5.91 Å². The van der Waals surface area contributed by atoms with Gasteiger partial charge in [-0.05, 0) is 54.3 Å². The summed E-state index contributed by atoms with van der Waals surface area (Å²) < 4.78 is 2.10. The highest BCUT2D eigenvalue weighted by atomic mass is 16.2. The van der Waals surface area contributed by atoms with Crippen molar-refractivity contribution in [2.45, 2.75) is 32.7 Å². The number of rotatable bonds is 4. The SMILES string of the molecule is CCCCc1ccc2c(c1)C(=O)N(c1ccc3c(ccn3C)c1)C2. The molecule has 0 saturated carbocycles. The second-order valence-electron chi connectivity index (χ2n) is 6.66. The number of hydrogen-bond acceptors (Lipinski definition) is 1. The number of anilines is 1. The molecule has 0 bridgehead atoms. The van der Waals surface area contributed by atoms with Gasteiger partial charge in [-0.15, -0.1) is 0 Å². The molecular formula is C21H22N2O. The number of nitrogens with zero attached hydrogens (tertiary/aromatic N) is 2. The predicted octanol–water partition coefficient (Wildman–Crippen LogP) is 4.68. The molecule has 4 rings (SSSR count). The van der Waals surface area contributed by atoms with Gasteiger partial charge in [0, 0.05) is 35.4 Å². The van der Waals surface area contributed by atoms with Crippen LogP contribution in [-0.4, -0.2) is 10.5 Å². The van der Waals surface area contributed by atoms with Crippen molar-refractivity contribution < 1.29 is 4.79 Å². The molecule has 0 radical (unpaired) electrons. The first-order valence-corrected chi connectivity index (χ1v) is 8.66. The van der Waals surface area contributed by atoms with Crippen LogP contribution in [-0.2, 0) is 20.0 Å². The van der Waals surface area contributed by atoms with Gasteiger partial charge in [0.1, 0.15) is 0 Å². The van der Waals surface area contributed by atoms with E-state index < -0.39 is 0 Å². The molecular weight excluding hydrogens is 296 g/mol. The van der Waals surface area contributed by atoms with Crippen LogP contribution >= 0.6 is 0 Å². The highest BCUT2D eigenvalue weighted by Gasteiger charge is 2.28. The van der Waals surface area contributed by atoms with Gasteiger partial charge < -0.3 is 9.47 Å². The highest BCUT2D eigenvalue weighted by Crippen LogP contribution is 2.31. The van der Waals surface area contributed by atoms with Crippen molar-refractivity contribution in [2.75, 3.05) is 4.90 Å². The lowest BCUT2D eigenvalue weighted by Gasteiger charge is -2.16. The fraction of sp³-hybridized carbons (Fsp3) is 0.286.